The van der Waals surface area contributed by atoms with Crippen LogP contribution in [0.15, 0.2) is 18.2 Å². The molecule has 1 aromatic rings. The van der Waals surface area contributed by atoms with Crippen molar-refractivity contribution < 1.29 is 0 Å². The van der Waals surface area contributed by atoms with Crippen LogP contribution in [0, 0.1) is 13.8 Å². The van der Waals surface area contributed by atoms with Gasteiger partial charge in [0.1, 0.15) is 0 Å². The van der Waals surface area contributed by atoms with Crippen LogP contribution < -0.4 is 5.73 Å². The van der Waals surface area contributed by atoms with Gasteiger partial charge in [-0.3, -0.25) is 0 Å². The highest BCUT2D eigenvalue weighted by molar-refractivity contribution is 5.30. The summed E-state index contributed by atoms with van der Waals surface area (Å²) in [5, 5.41) is 0. The molecule has 0 amide bonds. The van der Waals surface area contributed by atoms with E-state index in [9.17, 15) is 0 Å². The summed E-state index contributed by atoms with van der Waals surface area (Å²) in [7, 11) is 0. The fraction of sp³-hybridized carbons (Fsp3) is 0.455. The van der Waals surface area contributed by atoms with Gasteiger partial charge in [-0.25, -0.2) is 0 Å². The van der Waals surface area contributed by atoms with E-state index in [0.717, 1.165) is 6.42 Å². The number of nitrogens with two attached hydrogens (primary N) is 1. The molecular formula is C11H17N. The second-order valence-corrected chi connectivity index (χ2v) is 3.61. The molecule has 0 aliphatic carbocycles. The molecule has 1 nitrogen and oxygen atoms in total. The van der Waals surface area contributed by atoms with Crippen LogP contribution in [0.25, 0.3) is 0 Å². The van der Waals surface area contributed by atoms with Crippen LogP contribution in [0.4, 0.5) is 0 Å². The summed E-state index contributed by atoms with van der Waals surface area (Å²) in [6, 6.07) is 6.77. The van der Waals surface area contributed by atoms with Crippen molar-refractivity contribution in [1.29, 1.82) is 0 Å². The van der Waals surface area contributed by atoms with Gasteiger partial charge < -0.3 is 5.73 Å². The molecule has 0 aliphatic heterocycles. The Morgan fingerprint density at radius 1 is 1.33 bits per heavy atom. The summed E-state index contributed by atoms with van der Waals surface area (Å²) in [6.45, 7) is 6.29. The van der Waals surface area contributed by atoms with Crippen molar-refractivity contribution in [2.24, 2.45) is 5.73 Å². The first-order valence-corrected chi connectivity index (χ1v) is 4.41. The van der Waals surface area contributed by atoms with E-state index in [1.165, 1.54) is 16.7 Å². The Morgan fingerprint density at radius 2 is 2.00 bits per heavy atom. The van der Waals surface area contributed by atoms with Gasteiger partial charge in [0.25, 0.3) is 0 Å². The average Bonchev–Trinajstić information content (AvgIpc) is 1.96. The lowest BCUT2D eigenvalue weighted by molar-refractivity contribution is 0.734. The van der Waals surface area contributed by atoms with Crippen molar-refractivity contribution in [1.82, 2.24) is 0 Å². The molecule has 1 heteroatoms. The molecule has 0 bridgehead atoms. The Hall–Kier alpha value is -0.820. The Balaban J connectivity index is 2.90. The number of benzene rings is 1. The van der Waals surface area contributed by atoms with E-state index >= 15 is 0 Å². The van der Waals surface area contributed by atoms with Crippen molar-refractivity contribution >= 4 is 0 Å². The molecule has 0 fully saturated rings. The molecule has 2 N–H and O–H groups in total. The Kier molecular flexibility index (Phi) is 2.88. The van der Waals surface area contributed by atoms with Crippen LogP contribution in [0.2, 0.25) is 0 Å². The minimum Gasteiger partial charge on any atom is -0.328 e. The third-order valence-electron chi connectivity index (χ3n) is 2.05. The zero-order valence-electron chi connectivity index (χ0n) is 8.09. The maximum absolute atomic E-state index is 5.74. The molecule has 0 saturated heterocycles. The van der Waals surface area contributed by atoms with E-state index in [4.69, 9.17) is 5.73 Å². The van der Waals surface area contributed by atoms with Gasteiger partial charge in [0.05, 0.1) is 0 Å². The summed E-state index contributed by atoms with van der Waals surface area (Å²) < 4.78 is 0. The Labute approximate surface area is 74.6 Å². The van der Waals surface area contributed by atoms with Gasteiger partial charge in [0.2, 0.25) is 0 Å². The van der Waals surface area contributed by atoms with E-state index in [0.29, 0.717) is 0 Å². The smallest absolute Gasteiger partial charge is 0.00510 e. The largest absolute Gasteiger partial charge is 0.328 e. The lowest BCUT2D eigenvalue weighted by atomic mass is 10.0. The van der Waals surface area contributed by atoms with Crippen molar-refractivity contribution in [3.63, 3.8) is 0 Å². The second-order valence-electron chi connectivity index (χ2n) is 3.61. The fourth-order valence-electron chi connectivity index (χ4n) is 1.37. The highest BCUT2D eigenvalue weighted by atomic mass is 14.6. The monoisotopic (exact) mass is 163 g/mol. The number of hydrogen-bond acceptors (Lipinski definition) is 1. The minimum atomic E-state index is 0.255. The molecule has 0 heterocycles. The van der Waals surface area contributed by atoms with E-state index in [-0.39, 0.29) is 6.04 Å². The maximum atomic E-state index is 5.74. The topological polar surface area (TPSA) is 26.0 Å². The molecule has 0 unspecified atom stereocenters. The van der Waals surface area contributed by atoms with Crippen LogP contribution in [0.1, 0.15) is 23.6 Å². The SMILES string of the molecule is Cc1ccc(C)c(C[C@H](C)N)c1. The third-order valence-corrected chi connectivity index (χ3v) is 2.05. The fourth-order valence-corrected chi connectivity index (χ4v) is 1.37. The molecule has 1 rings (SSSR count). The van der Waals surface area contributed by atoms with Crippen LogP contribution in [-0.2, 0) is 6.42 Å². The predicted octanol–water partition coefficient (Wildman–Crippen LogP) is 2.19. The summed E-state index contributed by atoms with van der Waals surface area (Å²) in [4.78, 5) is 0. The van der Waals surface area contributed by atoms with Crippen molar-refractivity contribution in [2.75, 3.05) is 0 Å². The van der Waals surface area contributed by atoms with Gasteiger partial charge in [0.15, 0.2) is 0 Å². The Bertz CT molecular complexity index is 264. The quantitative estimate of drug-likeness (QED) is 0.710. The summed E-state index contributed by atoms with van der Waals surface area (Å²) in [5.41, 5.74) is 9.78. The molecule has 1 aromatic carbocycles. The van der Waals surface area contributed by atoms with Gasteiger partial charge in [0, 0.05) is 6.04 Å². The molecule has 0 aromatic heterocycles. The highest BCUT2D eigenvalue weighted by Gasteiger charge is 2.01. The first kappa shape index (κ1) is 9.27. The normalized spacial score (nSPS) is 13.0. The molecule has 1 atom stereocenters. The number of hydrogen-bond donors (Lipinski definition) is 1. The number of aryl methyl sites for hydroxylation is 2. The standard InChI is InChI=1S/C11H17N/c1-8-4-5-9(2)11(6-8)7-10(3)12/h4-6,10H,7,12H2,1-3H3/t10-/m0/s1. The van der Waals surface area contributed by atoms with E-state index in [1.54, 1.807) is 0 Å². The second kappa shape index (κ2) is 3.72. The van der Waals surface area contributed by atoms with Crippen LogP contribution in [0.5, 0.6) is 0 Å². The highest BCUT2D eigenvalue weighted by Crippen LogP contribution is 2.11. The van der Waals surface area contributed by atoms with Gasteiger partial charge in [-0.1, -0.05) is 23.8 Å². The number of rotatable bonds is 2. The maximum Gasteiger partial charge on any atom is 0.00510 e. The molecule has 66 valence electrons. The van der Waals surface area contributed by atoms with Gasteiger partial charge in [-0.15, -0.1) is 0 Å². The molecule has 0 radical (unpaired) electrons. The third kappa shape index (κ3) is 2.35. The molecule has 12 heavy (non-hydrogen) atoms. The van der Waals surface area contributed by atoms with Gasteiger partial charge in [-0.05, 0) is 38.3 Å². The first-order chi connectivity index (χ1) is 5.59. The van der Waals surface area contributed by atoms with E-state index in [1.807, 2.05) is 6.92 Å². The van der Waals surface area contributed by atoms with E-state index < -0.39 is 0 Å². The first-order valence-electron chi connectivity index (χ1n) is 4.41. The molecule has 0 spiro atoms. The summed E-state index contributed by atoms with van der Waals surface area (Å²) in [5.74, 6) is 0. The zero-order valence-corrected chi connectivity index (χ0v) is 8.09. The van der Waals surface area contributed by atoms with Crippen molar-refractivity contribution in [3.05, 3.63) is 34.9 Å². The molecular weight excluding hydrogens is 146 g/mol. The van der Waals surface area contributed by atoms with Crippen LogP contribution in [-0.4, -0.2) is 6.04 Å². The van der Waals surface area contributed by atoms with Gasteiger partial charge >= 0.3 is 0 Å². The van der Waals surface area contributed by atoms with Crippen LogP contribution >= 0.6 is 0 Å². The zero-order chi connectivity index (χ0) is 9.14. The summed E-state index contributed by atoms with van der Waals surface area (Å²) >= 11 is 0. The predicted molar refractivity (Wildman–Crippen MR) is 53.3 cm³/mol. The average molecular weight is 163 g/mol. The lowest BCUT2D eigenvalue weighted by Crippen LogP contribution is -2.18. The molecule has 0 aliphatic rings. The van der Waals surface area contributed by atoms with E-state index in [2.05, 4.69) is 32.0 Å². The van der Waals surface area contributed by atoms with Crippen LogP contribution in [0.3, 0.4) is 0 Å². The van der Waals surface area contributed by atoms with Crippen molar-refractivity contribution in [2.45, 2.75) is 33.2 Å². The lowest BCUT2D eigenvalue weighted by Gasteiger charge is -2.09. The Morgan fingerprint density at radius 3 is 2.58 bits per heavy atom. The van der Waals surface area contributed by atoms with Gasteiger partial charge in [-0.2, -0.15) is 0 Å². The minimum absolute atomic E-state index is 0.255. The van der Waals surface area contributed by atoms with Crippen molar-refractivity contribution in [3.8, 4) is 0 Å². The molecule has 0 saturated carbocycles. The summed E-state index contributed by atoms with van der Waals surface area (Å²) in [6.07, 6.45) is 0.980.